The number of benzene rings is 5. The Kier molecular flexibility index (Phi) is 8.46. The molecule has 0 aromatic heterocycles. The molecule has 0 unspecified atom stereocenters. The number of hydrogen-bond donors (Lipinski definition) is 1. The summed E-state index contributed by atoms with van der Waals surface area (Å²) in [5, 5.41) is 0.764. The first-order valence-electron chi connectivity index (χ1n) is 14.1. The van der Waals surface area contributed by atoms with Crippen molar-refractivity contribution in [2.75, 3.05) is 21.6 Å². The fourth-order valence-corrected chi connectivity index (χ4v) is 6.80. The van der Waals surface area contributed by atoms with Crippen molar-refractivity contribution in [2.45, 2.75) is 24.5 Å². The lowest BCUT2D eigenvalue weighted by molar-refractivity contribution is 0.0968. The van der Waals surface area contributed by atoms with Crippen LogP contribution in [-0.4, -0.2) is 21.4 Å². The Balaban J connectivity index is 1.51. The van der Waals surface area contributed by atoms with E-state index in [1.807, 2.05) is 67.6 Å². The van der Waals surface area contributed by atoms with Crippen LogP contribution in [0, 0.1) is 6.92 Å². The van der Waals surface area contributed by atoms with Crippen LogP contribution in [-0.2, 0) is 16.6 Å². The molecule has 0 spiro atoms. The molecule has 0 saturated heterocycles. The molecule has 45 heavy (non-hydrogen) atoms. The third-order valence-corrected chi connectivity index (χ3v) is 9.79. The van der Waals surface area contributed by atoms with Crippen molar-refractivity contribution in [1.29, 1.82) is 0 Å². The summed E-state index contributed by atoms with van der Waals surface area (Å²) in [6, 6.07) is 34.1. The van der Waals surface area contributed by atoms with E-state index in [-0.39, 0.29) is 16.4 Å². The summed E-state index contributed by atoms with van der Waals surface area (Å²) < 4.78 is 34.9. The summed E-state index contributed by atoms with van der Waals surface area (Å²) in [5.41, 5.74) is 4.64. The molecule has 6 rings (SSSR count). The zero-order valence-electron chi connectivity index (χ0n) is 24.4. The van der Waals surface area contributed by atoms with Crippen molar-refractivity contribution < 1.29 is 17.9 Å². The van der Waals surface area contributed by atoms with Gasteiger partial charge in [0.05, 0.1) is 33.3 Å². The predicted molar refractivity (Wildman–Crippen MR) is 180 cm³/mol. The molecule has 0 saturated carbocycles. The highest BCUT2D eigenvalue weighted by Crippen LogP contribution is 2.44. The van der Waals surface area contributed by atoms with Crippen molar-refractivity contribution in [1.82, 2.24) is 0 Å². The Morgan fingerprint density at radius 3 is 2.20 bits per heavy atom. The van der Waals surface area contributed by atoms with Gasteiger partial charge >= 0.3 is 0 Å². The van der Waals surface area contributed by atoms with Crippen LogP contribution in [0.25, 0.3) is 0 Å². The van der Waals surface area contributed by atoms with E-state index in [1.165, 1.54) is 19.2 Å². The highest BCUT2D eigenvalue weighted by molar-refractivity contribution is 7.92. The maximum atomic E-state index is 14.6. The zero-order valence-corrected chi connectivity index (χ0v) is 26.8. The molecular formula is C35H29Cl2N3O4S. The molecule has 1 aliphatic rings. The second-order valence-corrected chi connectivity index (χ2v) is 13.2. The normalized spacial score (nSPS) is 14.7. The van der Waals surface area contributed by atoms with Crippen LogP contribution in [0.5, 0.6) is 5.75 Å². The van der Waals surface area contributed by atoms with Gasteiger partial charge in [-0.25, -0.2) is 8.42 Å². The summed E-state index contributed by atoms with van der Waals surface area (Å²) in [6.45, 7) is 2.40. The Bertz CT molecular complexity index is 1970. The summed E-state index contributed by atoms with van der Waals surface area (Å²) in [4.78, 5) is 18.3. The van der Waals surface area contributed by atoms with E-state index in [9.17, 15) is 13.2 Å². The van der Waals surface area contributed by atoms with Gasteiger partial charge in [-0.05, 0) is 84.8 Å². The number of nitrogens with zero attached hydrogens (tertiary/aromatic N) is 2. The van der Waals surface area contributed by atoms with Crippen LogP contribution in [0.4, 0.5) is 17.1 Å². The van der Waals surface area contributed by atoms with E-state index in [4.69, 9.17) is 27.9 Å². The number of sulfonamides is 1. The van der Waals surface area contributed by atoms with Crippen LogP contribution in [0.1, 0.15) is 33.2 Å². The SMILES string of the molecule is COc1ccc(NS(=O)(=O)c2ccc3c(c2)C(=O)N(c2ccc(C)cc2)[C@@H](c2ccc(Cl)c(Cl)c2)N3Cc2ccccc2)cc1. The van der Waals surface area contributed by atoms with Crippen LogP contribution < -0.4 is 19.3 Å². The molecule has 0 radical (unpaired) electrons. The largest absolute Gasteiger partial charge is 0.497 e. The third kappa shape index (κ3) is 6.22. The molecule has 0 fully saturated rings. The lowest BCUT2D eigenvalue weighted by atomic mass is 9.99. The molecule has 1 aliphatic heterocycles. The van der Waals surface area contributed by atoms with E-state index >= 15 is 0 Å². The second-order valence-electron chi connectivity index (χ2n) is 10.7. The van der Waals surface area contributed by atoms with E-state index in [1.54, 1.807) is 47.4 Å². The van der Waals surface area contributed by atoms with E-state index in [2.05, 4.69) is 9.62 Å². The molecule has 0 aliphatic carbocycles. The molecule has 228 valence electrons. The Morgan fingerprint density at radius 2 is 1.53 bits per heavy atom. The molecule has 1 N–H and O–H groups in total. The smallest absolute Gasteiger partial charge is 0.262 e. The van der Waals surface area contributed by atoms with Crippen LogP contribution in [0.15, 0.2) is 120 Å². The van der Waals surface area contributed by atoms with Crippen molar-refractivity contribution in [2.24, 2.45) is 0 Å². The van der Waals surface area contributed by atoms with Crippen LogP contribution in [0.2, 0.25) is 10.0 Å². The summed E-state index contributed by atoms with van der Waals surface area (Å²) in [6.07, 6.45) is -0.623. The number of fused-ring (bicyclic) bond motifs is 1. The minimum atomic E-state index is -4.04. The number of rotatable bonds is 8. The van der Waals surface area contributed by atoms with Gasteiger partial charge in [0, 0.05) is 17.9 Å². The summed E-state index contributed by atoms with van der Waals surface area (Å²) in [5.74, 6) is 0.249. The van der Waals surface area contributed by atoms with Gasteiger partial charge in [0.15, 0.2) is 0 Å². The maximum absolute atomic E-state index is 14.6. The topological polar surface area (TPSA) is 78.9 Å². The summed E-state index contributed by atoms with van der Waals surface area (Å²) in [7, 11) is -2.50. The first-order chi connectivity index (χ1) is 21.6. The number of nitrogens with one attached hydrogen (secondary N) is 1. The number of hydrogen-bond acceptors (Lipinski definition) is 5. The van der Waals surface area contributed by atoms with E-state index < -0.39 is 16.2 Å². The molecule has 0 bridgehead atoms. The predicted octanol–water partition coefficient (Wildman–Crippen LogP) is 8.48. The van der Waals surface area contributed by atoms with Gasteiger partial charge in [0.2, 0.25) is 0 Å². The number of amides is 1. The summed E-state index contributed by atoms with van der Waals surface area (Å²) >= 11 is 12.8. The quantitative estimate of drug-likeness (QED) is 0.181. The molecule has 1 heterocycles. The molecule has 1 amide bonds. The number of anilines is 3. The monoisotopic (exact) mass is 657 g/mol. The molecule has 7 nitrogen and oxygen atoms in total. The number of ether oxygens (including phenoxy) is 1. The molecule has 1 atom stereocenters. The second kappa shape index (κ2) is 12.5. The minimum absolute atomic E-state index is 0.0399. The minimum Gasteiger partial charge on any atom is -0.497 e. The van der Waals surface area contributed by atoms with Crippen LogP contribution in [0.3, 0.4) is 0 Å². The Morgan fingerprint density at radius 1 is 0.822 bits per heavy atom. The fraction of sp³-hybridized carbons (Fsp3) is 0.114. The third-order valence-electron chi connectivity index (χ3n) is 7.67. The van der Waals surface area contributed by atoms with Gasteiger partial charge < -0.3 is 9.64 Å². The van der Waals surface area contributed by atoms with Gasteiger partial charge in [-0.15, -0.1) is 0 Å². The molecular weight excluding hydrogens is 629 g/mol. The van der Waals surface area contributed by atoms with Crippen LogP contribution >= 0.6 is 23.2 Å². The van der Waals surface area contributed by atoms with Crippen molar-refractivity contribution in [3.05, 3.63) is 148 Å². The lowest BCUT2D eigenvalue weighted by Crippen LogP contribution is -2.49. The average Bonchev–Trinajstić information content (AvgIpc) is 3.04. The van der Waals surface area contributed by atoms with Gasteiger partial charge in [0.25, 0.3) is 15.9 Å². The van der Waals surface area contributed by atoms with E-state index in [0.29, 0.717) is 39.4 Å². The Hall–Kier alpha value is -4.50. The number of carbonyl (C=O) groups excluding carboxylic acids is 1. The Labute approximate surface area is 272 Å². The first kappa shape index (κ1) is 30.5. The average molecular weight is 659 g/mol. The standard InChI is InChI=1S/C35H29Cl2N3O4S/c1-23-8-13-27(14-9-23)40-34(25-10-18-31(36)32(37)20-25)39(22-24-6-4-3-5-7-24)33-19-17-29(21-30(33)35(40)41)45(42,43)38-26-11-15-28(44-2)16-12-26/h3-21,34,38H,22H2,1-2H3/t34-/m0/s1. The van der Waals surface area contributed by atoms with Gasteiger partial charge in [-0.3, -0.25) is 14.4 Å². The molecule has 10 heteroatoms. The van der Waals surface area contributed by atoms with Gasteiger partial charge in [-0.1, -0.05) is 77.3 Å². The highest BCUT2D eigenvalue weighted by atomic mass is 35.5. The number of carbonyl (C=O) groups is 1. The van der Waals surface area contributed by atoms with Gasteiger partial charge in [-0.2, -0.15) is 0 Å². The number of aryl methyl sites for hydroxylation is 1. The van der Waals surface area contributed by atoms with Crippen molar-refractivity contribution in [3.8, 4) is 5.75 Å². The molecule has 5 aromatic carbocycles. The highest BCUT2D eigenvalue weighted by Gasteiger charge is 2.40. The molecule has 5 aromatic rings. The fourth-order valence-electron chi connectivity index (χ4n) is 5.41. The number of halogens is 2. The van der Waals surface area contributed by atoms with Crippen molar-refractivity contribution in [3.63, 3.8) is 0 Å². The lowest BCUT2D eigenvalue weighted by Gasteiger charge is -2.46. The van der Waals surface area contributed by atoms with E-state index in [0.717, 1.165) is 16.7 Å². The zero-order chi connectivity index (χ0) is 31.7. The first-order valence-corrected chi connectivity index (χ1v) is 16.4. The number of methoxy groups -OCH3 is 1. The van der Waals surface area contributed by atoms with Gasteiger partial charge in [0.1, 0.15) is 11.9 Å². The maximum Gasteiger partial charge on any atom is 0.262 e. The van der Waals surface area contributed by atoms with Crippen molar-refractivity contribution >= 4 is 56.2 Å².